The molecule has 0 radical (unpaired) electrons. The van der Waals surface area contributed by atoms with E-state index >= 15 is 0 Å². The van der Waals surface area contributed by atoms with Gasteiger partial charge in [-0.2, -0.15) is 17.2 Å². The minimum Gasteiger partial charge on any atom is -0.462 e. The summed E-state index contributed by atoms with van der Waals surface area (Å²) in [5, 5.41) is 5.32. The molecule has 8 aliphatic carbocycles. The number of aliphatic hydroxyl groups excluding tert-OH is 1. The third-order valence-corrected chi connectivity index (χ3v) is 12.6. The van der Waals surface area contributed by atoms with Gasteiger partial charge in [-0.1, -0.05) is 6.92 Å². The number of aliphatic hydroxyl groups is 1. The highest BCUT2D eigenvalue weighted by atomic mass is 32.2. The van der Waals surface area contributed by atoms with Crippen molar-refractivity contribution in [1.82, 2.24) is 0 Å². The lowest BCUT2D eigenvalue weighted by atomic mass is 9.48. The first-order valence-corrected chi connectivity index (χ1v) is 17.3. The van der Waals surface area contributed by atoms with Crippen LogP contribution in [0.15, 0.2) is 0 Å². The zero-order valence-electron chi connectivity index (χ0n) is 24.8. The van der Waals surface area contributed by atoms with Crippen LogP contribution in [0.1, 0.15) is 77.6 Å². The molecule has 0 aromatic carbocycles. The fourth-order valence-electron chi connectivity index (χ4n) is 10.4. The van der Waals surface area contributed by atoms with Crippen LogP contribution in [0.3, 0.4) is 0 Å². The standard InChI is InChI=1S/C30H42F2O11S/c1-2-29(21-6-16-3-17(8-21)9-22(29)7-16)43-24(34)15-40-13-23(33)14-41-26(35)28-10-18-4-19(11-28)25(20(5-18)12-28)42-27(36)30(31,32)44(37,38)39/h16-23,25,33H,2-15H2,1H3,(H,37,38,39). The summed E-state index contributed by atoms with van der Waals surface area (Å²) < 4.78 is 80.2. The Balaban J connectivity index is 0.960. The monoisotopic (exact) mass is 648 g/mol. The Morgan fingerprint density at radius 2 is 1.50 bits per heavy atom. The van der Waals surface area contributed by atoms with Gasteiger partial charge in [0.1, 0.15) is 31.0 Å². The number of alkyl halides is 2. The maximum absolute atomic E-state index is 13.8. The highest BCUT2D eigenvalue weighted by molar-refractivity contribution is 7.87. The van der Waals surface area contributed by atoms with E-state index in [1.165, 1.54) is 6.42 Å². The first kappa shape index (κ1) is 32.1. The summed E-state index contributed by atoms with van der Waals surface area (Å²) in [5.74, 6) is -1.88. The average molecular weight is 649 g/mol. The van der Waals surface area contributed by atoms with Gasteiger partial charge in [0.2, 0.25) is 0 Å². The van der Waals surface area contributed by atoms with Gasteiger partial charge in [0.05, 0.1) is 12.0 Å². The molecule has 8 rings (SSSR count). The van der Waals surface area contributed by atoms with Crippen molar-refractivity contribution in [1.29, 1.82) is 0 Å². The molecule has 3 atom stereocenters. The molecule has 14 heteroatoms. The van der Waals surface area contributed by atoms with Gasteiger partial charge in [-0.25, -0.2) is 9.59 Å². The zero-order valence-corrected chi connectivity index (χ0v) is 25.6. The lowest BCUT2D eigenvalue weighted by Crippen LogP contribution is -2.59. The molecule has 8 fully saturated rings. The number of rotatable bonds is 12. The maximum atomic E-state index is 13.8. The summed E-state index contributed by atoms with van der Waals surface area (Å²) in [6, 6.07) is 0. The van der Waals surface area contributed by atoms with Crippen molar-refractivity contribution in [2.24, 2.45) is 46.8 Å². The van der Waals surface area contributed by atoms with Crippen LogP contribution in [0.5, 0.6) is 0 Å². The number of ether oxygens (including phenoxy) is 4. The Labute approximate surface area is 255 Å². The SMILES string of the molecule is CCC1(OC(=O)COCC(O)COC(=O)C23CC4CC(C2)C(OC(=O)C(F)(F)S(=O)(=O)O)C(C4)C3)C2CC3CC(C2)CC1C3. The number of hydrogen-bond acceptors (Lipinski definition) is 10. The molecule has 0 heterocycles. The third-order valence-electron chi connectivity index (χ3n) is 11.7. The summed E-state index contributed by atoms with van der Waals surface area (Å²) in [6.07, 6.45) is 6.30. The molecule has 8 aliphatic rings. The van der Waals surface area contributed by atoms with E-state index in [4.69, 9.17) is 23.5 Å². The van der Waals surface area contributed by atoms with E-state index < -0.39 is 68.3 Å². The van der Waals surface area contributed by atoms with Crippen molar-refractivity contribution in [3.05, 3.63) is 0 Å². The second kappa shape index (κ2) is 11.4. The fraction of sp³-hybridized carbons (Fsp3) is 0.900. The summed E-state index contributed by atoms with van der Waals surface area (Å²) in [5.41, 5.74) is -1.36. The third kappa shape index (κ3) is 5.55. The Morgan fingerprint density at radius 3 is 2.05 bits per heavy atom. The van der Waals surface area contributed by atoms with Crippen LogP contribution in [0.2, 0.25) is 0 Å². The lowest BCUT2D eigenvalue weighted by Gasteiger charge is -2.60. The number of halogens is 2. The molecule has 8 bridgehead atoms. The lowest BCUT2D eigenvalue weighted by molar-refractivity contribution is -0.214. The van der Waals surface area contributed by atoms with Crippen LogP contribution >= 0.6 is 0 Å². The first-order chi connectivity index (χ1) is 20.7. The van der Waals surface area contributed by atoms with Crippen LogP contribution in [0.4, 0.5) is 8.78 Å². The summed E-state index contributed by atoms with van der Waals surface area (Å²) in [4.78, 5) is 37.9. The van der Waals surface area contributed by atoms with Crippen molar-refractivity contribution in [2.75, 3.05) is 19.8 Å². The predicted molar refractivity (Wildman–Crippen MR) is 146 cm³/mol. The molecule has 11 nitrogen and oxygen atoms in total. The van der Waals surface area contributed by atoms with Gasteiger partial charge >= 0.3 is 33.3 Å². The van der Waals surface area contributed by atoms with Gasteiger partial charge < -0.3 is 24.1 Å². The highest BCUT2D eigenvalue weighted by Crippen LogP contribution is 2.62. The summed E-state index contributed by atoms with van der Waals surface area (Å²) >= 11 is 0. The molecule has 8 saturated carbocycles. The molecule has 0 spiro atoms. The summed E-state index contributed by atoms with van der Waals surface area (Å²) in [6.45, 7) is 1.16. The van der Waals surface area contributed by atoms with E-state index in [9.17, 15) is 36.7 Å². The van der Waals surface area contributed by atoms with Crippen molar-refractivity contribution in [3.8, 4) is 0 Å². The normalized spacial score (nSPS) is 40.9. The van der Waals surface area contributed by atoms with Crippen molar-refractivity contribution in [3.63, 3.8) is 0 Å². The van der Waals surface area contributed by atoms with Crippen LogP contribution in [0, 0.1) is 46.8 Å². The van der Waals surface area contributed by atoms with Gasteiger partial charge in [0, 0.05) is 0 Å². The van der Waals surface area contributed by atoms with Crippen LogP contribution in [0.25, 0.3) is 0 Å². The minimum atomic E-state index is -5.99. The Bertz CT molecular complexity index is 1230. The van der Waals surface area contributed by atoms with E-state index in [-0.39, 0.29) is 38.6 Å². The van der Waals surface area contributed by atoms with E-state index in [0.717, 1.165) is 43.9 Å². The molecule has 0 aromatic heterocycles. The molecular weight excluding hydrogens is 606 g/mol. The molecule has 0 saturated heterocycles. The van der Waals surface area contributed by atoms with Gasteiger partial charge in [0.25, 0.3) is 0 Å². The van der Waals surface area contributed by atoms with Crippen LogP contribution in [-0.2, 0) is 43.4 Å². The van der Waals surface area contributed by atoms with E-state index in [2.05, 4.69) is 6.92 Å². The van der Waals surface area contributed by atoms with E-state index in [0.29, 0.717) is 31.1 Å². The molecule has 0 aliphatic heterocycles. The largest absolute Gasteiger partial charge is 0.465 e. The zero-order chi connectivity index (χ0) is 31.7. The molecule has 44 heavy (non-hydrogen) atoms. The number of esters is 3. The second-order valence-corrected chi connectivity index (χ2v) is 15.9. The maximum Gasteiger partial charge on any atom is 0.465 e. The average Bonchev–Trinajstić information content (AvgIpc) is 2.94. The number of carbonyl (C=O) groups is 3. The molecule has 3 unspecified atom stereocenters. The van der Waals surface area contributed by atoms with Crippen molar-refractivity contribution < 1.29 is 60.2 Å². The van der Waals surface area contributed by atoms with Crippen molar-refractivity contribution >= 4 is 28.0 Å². The molecule has 248 valence electrons. The Hall–Kier alpha value is -1.90. The molecule has 2 N–H and O–H groups in total. The van der Waals surface area contributed by atoms with E-state index in [1.807, 2.05) is 0 Å². The summed E-state index contributed by atoms with van der Waals surface area (Å²) in [7, 11) is -5.99. The quantitative estimate of drug-likeness (QED) is 0.181. The Morgan fingerprint density at radius 1 is 0.909 bits per heavy atom. The van der Waals surface area contributed by atoms with Gasteiger partial charge in [-0.05, 0) is 112 Å². The molecule has 0 aromatic rings. The minimum absolute atomic E-state index is 0.0808. The molecular formula is C30H42F2O11S. The number of carbonyl (C=O) groups excluding carboxylic acids is 3. The van der Waals surface area contributed by atoms with Crippen LogP contribution in [-0.4, -0.2) is 78.9 Å². The van der Waals surface area contributed by atoms with Crippen LogP contribution < -0.4 is 0 Å². The fourth-order valence-corrected chi connectivity index (χ4v) is 10.7. The molecule has 0 amide bonds. The predicted octanol–water partition coefficient (Wildman–Crippen LogP) is 3.27. The topological polar surface area (TPSA) is 163 Å². The second-order valence-electron chi connectivity index (χ2n) is 14.5. The highest BCUT2D eigenvalue weighted by Gasteiger charge is 2.63. The van der Waals surface area contributed by atoms with Gasteiger partial charge in [-0.3, -0.25) is 9.35 Å². The number of hydrogen-bond donors (Lipinski definition) is 2. The van der Waals surface area contributed by atoms with Crippen molar-refractivity contribution in [2.45, 2.75) is 101 Å². The van der Waals surface area contributed by atoms with Gasteiger partial charge in [0.15, 0.2) is 0 Å². The van der Waals surface area contributed by atoms with Gasteiger partial charge in [-0.15, -0.1) is 0 Å². The smallest absolute Gasteiger partial charge is 0.462 e. The first-order valence-electron chi connectivity index (χ1n) is 15.9. The Kier molecular flexibility index (Phi) is 8.31. The van der Waals surface area contributed by atoms with E-state index in [1.54, 1.807) is 0 Å².